The van der Waals surface area contributed by atoms with Gasteiger partial charge in [-0.25, -0.2) is 13.1 Å². The molecule has 0 aliphatic heterocycles. The third-order valence-corrected chi connectivity index (χ3v) is 8.13. The van der Waals surface area contributed by atoms with E-state index < -0.39 is 16.1 Å². The quantitative estimate of drug-likeness (QED) is 0.273. The van der Waals surface area contributed by atoms with Gasteiger partial charge in [-0.3, -0.25) is 4.57 Å². The van der Waals surface area contributed by atoms with Crippen molar-refractivity contribution in [2.75, 3.05) is 0 Å². The SMILES string of the molecule is Cc1cccc(CSc2nnc(C(C)NS(=O)(=O)c3ccccc3)n2-c2ccc(Cl)cc2Cl)c1. The zero-order valence-corrected chi connectivity index (χ0v) is 21.6. The molecule has 0 saturated heterocycles. The predicted molar refractivity (Wildman–Crippen MR) is 137 cm³/mol. The molecule has 0 aliphatic rings. The summed E-state index contributed by atoms with van der Waals surface area (Å²) >= 11 is 14.1. The van der Waals surface area contributed by atoms with Gasteiger partial charge >= 0.3 is 0 Å². The average Bonchev–Trinajstić information content (AvgIpc) is 3.22. The van der Waals surface area contributed by atoms with Crippen LogP contribution in [-0.2, 0) is 15.8 Å². The van der Waals surface area contributed by atoms with E-state index in [1.807, 2.05) is 25.1 Å². The van der Waals surface area contributed by atoms with E-state index in [9.17, 15) is 8.42 Å². The van der Waals surface area contributed by atoms with Crippen LogP contribution in [0.2, 0.25) is 10.0 Å². The summed E-state index contributed by atoms with van der Waals surface area (Å²) in [6.45, 7) is 3.77. The van der Waals surface area contributed by atoms with Gasteiger partial charge in [-0.05, 0) is 49.7 Å². The molecule has 0 bridgehead atoms. The van der Waals surface area contributed by atoms with Crippen molar-refractivity contribution in [2.24, 2.45) is 0 Å². The van der Waals surface area contributed by atoms with Crippen LogP contribution in [0.5, 0.6) is 0 Å². The monoisotopic (exact) mass is 532 g/mol. The third kappa shape index (κ3) is 5.64. The minimum Gasteiger partial charge on any atom is -0.271 e. The van der Waals surface area contributed by atoms with Crippen LogP contribution >= 0.6 is 35.0 Å². The normalized spacial score (nSPS) is 12.6. The minimum absolute atomic E-state index is 0.173. The van der Waals surface area contributed by atoms with Crippen LogP contribution < -0.4 is 4.72 Å². The van der Waals surface area contributed by atoms with E-state index in [4.69, 9.17) is 23.2 Å². The molecule has 1 N–H and O–H groups in total. The highest BCUT2D eigenvalue weighted by molar-refractivity contribution is 7.98. The van der Waals surface area contributed by atoms with Crippen molar-refractivity contribution in [2.45, 2.75) is 35.7 Å². The molecule has 176 valence electrons. The molecule has 1 atom stereocenters. The summed E-state index contributed by atoms with van der Waals surface area (Å²) in [6, 6.07) is 20.9. The van der Waals surface area contributed by atoms with Gasteiger partial charge in [0, 0.05) is 10.8 Å². The minimum atomic E-state index is -3.77. The van der Waals surface area contributed by atoms with Crippen molar-refractivity contribution in [3.63, 3.8) is 0 Å². The molecule has 4 rings (SSSR count). The van der Waals surface area contributed by atoms with Crippen molar-refractivity contribution in [1.82, 2.24) is 19.5 Å². The first kappa shape index (κ1) is 24.8. The van der Waals surface area contributed by atoms with Crippen LogP contribution in [0, 0.1) is 6.92 Å². The highest BCUT2D eigenvalue weighted by Crippen LogP contribution is 2.32. The molecule has 3 aromatic carbocycles. The molecule has 34 heavy (non-hydrogen) atoms. The fourth-order valence-electron chi connectivity index (χ4n) is 3.45. The lowest BCUT2D eigenvalue weighted by Crippen LogP contribution is -2.28. The van der Waals surface area contributed by atoms with Crippen molar-refractivity contribution in [3.8, 4) is 5.69 Å². The fourth-order valence-corrected chi connectivity index (χ4v) is 6.06. The van der Waals surface area contributed by atoms with Gasteiger partial charge in [0.05, 0.1) is 21.6 Å². The summed E-state index contributed by atoms with van der Waals surface area (Å²) in [5.41, 5.74) is 2.93. The van der Waals surface area contributed by atoms with Crippen LogP contribution in [-0.4, -0.2) is 23.2 Å². The van der Waals surface area contributed by atoms with Crippen molar-refractivity contribution < 1.29 is 8.42 Å². The first-order valence-electron chi connectivity index (χ1n) is 10.4. The lowest BCUT2D eigenvalue weighted by atomic mass is 10.2. The van der Waals surface area contributed by atoms with Crippen molar-refractivity contribution in [3.05, 3.63) is 99.8 Å². The predicted octanol–water partition coefficient (Wildman–Crippen LogP) is 6.21. The number of nitrogens with one attached hydrogen (secondary N) is 1. The number of halogens is 2. The summed E-state index contributed by atoms with van der Waals surface area (Å²) < 4.78 is 30.3. The molecular formula is C24H22Cl2N4O2S2. The average molecular weight is 534 g/mol. The molecule has 0 radical (unpaired) electrons. The second-order valence-electron chi connectivity index (χ2n) is 7.71. The van der Waals surface area contributed by atoms with Gasteiger partial charge in [-0.1, -0.05) is 83.0 Å². The van der Waals surface area contributed by atoms with Gasteiger partial charge in [0.2, 0.25) is 10.0 Å². The van der Waals surface area contributed by atoms with Crippen LogP contribution in [0.1, 0.15) is 29.9 Å². The Labute approximate surface area is 213 Å². The second-order valence-corrected chi connectivity index (χ2v) is 11.2. The summed E-state index contributed by atoms with van der Waals surface area (Å²) in [7, 11) is -3.77. The molecule has 10 heteroatoms. The number of hydrogen-bond acceptors (Lipinski definition) is 5. The summed E-state index contributed by atoms with van der Waals surface area (Å²) in [5, 5.41) is 10.2. The van der Waals surface area contributed by atoms with E-state index in [1.54, 1.807) is 60.0 Å². The molecule has 1 unspecified atom stereocenters. The molecule has 0 spiro atoms. The lowest BCUT2D eigenvalue weighted by Gasteiger charge is -2.17. The maximum atomic E-state index is 12.9. The van der Waals surface area contributed by atoms with E-state index >= 15 is 0 Å². The smallest absolute Gasteiger partial charge is 0.241 e. The number of thioether (sulfide) groups is 1. The van der Waals surface area contributed by atoms with E-state index in [0.717, 1.165) is 5.56 Å². The Bertz CT molecular complexity index is 1410. The number of benzene rings is 3. The Morgan fingerprint density at radius 2 is 1.76 bits per heavy atom. The molecule has 6 nitrogen and oxygen atoms in total. The van der Waals surface area contributed by atoms with Gasteiger partial charge in [0.1, 0.15) is 0 Å². The molecule has 0 amide bonds. The fraction of sp³-hybridized carbons (Fsp3) is 0.167. The molecule has 0 saturated carbocycles. The van der Waals surface area contributed by atoms with Crippen LogP contribution in [0.4, 0.5) is 0 Å². The Morgan fingerprint density at radius 1 is 1.00 bits per heavy atom. The number of nitrogens with zero attached hydrogens (tertiary/aromatic N) is 3. The van der Waals surface area contributed by atoms with E-state index in [-0.39, 0.29) is 4.90 Å². The standard InChI is InChI=1S/C24H22Cl2N4O2S2/c1-16-7-6-8-18(13-16)15-33-24-28-27-23(30(24)22-12-11-19(25)14-21(22)26)17(2)29-34(31,32)20-9-4-3-5-10-20/h3-14,17,29H,15H2,1-2H3. The summed E-state index contributed by atoms with van der Waals surface area (Å²) in [5.74, 6) is 1.07. The molecule has 1 aromatic heterocycles. The topological polar surface area (TPSA) is 76.9 Å². The maximum Gasteiger partial charge on any atom is 0.241 e. The number of sulfonamides is 1. The number of aryl methyl sites for hydroxylation is 1. The van der Waals surface area contributed by atoms with E-state index in [2.05, 4.69) is 21.0 Å². The third-order valence-electron chi connectivity index (χ3n) is 5.03. The Hall–Kier alpha value is -2.36. The van der Waals surface area contributed by atoms with Gasteiger partial charge in [-0.2, -0.15) is 0 Å². The largest absolute Gasteiger partial charge is 0.271 e. The highest BCUT2D eigenvalue weighted by atomic mass is 35.5. The van der Waals surface area contributed by atoms with Gasteiger partial charge in [0.15, 0.2) is 11.0 Å². The molecule has 0 fully saturated rings. The Kier molecular flexibility index (Phi) is 7.64. The van der Waals surface area contributed by atoms with Gasteiger partial charge < -0.3 is 0 Å². The zero-order valence-electron chi connectivity index (χ0n) is 18.4. The first-order chi connectivity index (χ1) is 16.2. The number of aromatic nitrogens is 3. The highest BCUT2D eigenvalue weighted by Gasteiger charge is 2.25. The van der Waals surface area contributed by atoms with E-state index in [0.29, 0.717) is 32.5 Å². The van der Waals surface area contributed by atoms with Crippen molar-refractivity contribution in [1.29, 1.82) is 0 Å². The number of rotatable bonds is 8. The van der Waals surface area contributed by atoms with Crippen LogP contribution in [0.25, 0.3) is 5.69 Å². The lowest BCUT2D eigenvalue weighted by molar-refractivity contribution is 0.556. The molecule has 1 heterocycles. The van der Waals surface area contributed by atoms with Crippen LogP contribution in [0.3, 0.4) is 0 Å². The van der Waals surface area contributed by atoms with Crippen LogP contribution in [0.15, 0.2) is 82.8 Å². The summed E-state index contributed by atoms with van der Waals surface area (Å²) in [6.07, 6.45) is 0. The first-order valence-corrected chi connectivity index (χ1v) is 13.6. The molecule has 0 aliphatic carbocycles. The molecular weight excluding hydrogens is 511 g/mol. The van der Waals surface area contributed by atoms with Gasteiger partial charge in [-0.15, -0.1) is 10.2 Å². The Balaban J connectivity index is 1.70. The van der Waals surface area contributed by atoms with E-state index in [1.165, 1.54) is 17.3 Å². The zero-order chi connectivity index (χ0) is 24.3. The number of hydrogen-bond donors (Lipinski definition) is 1. The maximum absolute atomic E-state index is 12.9. The van der Waals surface area contributed by atoms with Gasteiger partial charge in [0.25, 0.3) is 0 Å². The summed E-state index contributed by atoms with van der Waals surface area (Å²) in [4.78, 5) is 0.173. The second kappa shape index (κ2) is 10.5. The molecule has 4 aromatic rings. The Morgan fingerprint density at radius 3 is 2.47 bits per heavy atom. The van der Waals surface area contributed by atoms with Crippen molar-refractivity contribution >= 4 is 45.0 Å².